The van der Waals surface area contributed by atoms with E-state index >= 15 is 0 Å². The number of benzene rings is 3. The van der Waals surface area contributed by atoms with Crippen molar-refractivity contribution < 1.29 is 0 Å². The Balaban J connectivity index is 1.65. The van der Waals surface area contributed by atoms with Crippen molar-refractivity contribution in [2.45, 2.75) is 33.1 Å². The molecule has 0 amide bonds. The third-order valence-electron chi connectivity index (χ3n) is 7.34. The molecule has 176 valence electrons. The summed E-state index contributed by atoms with van der Waals surface area (Å²) >= 11 is 0. The van der Waals surface area contributed by atoms with E-state index in [1.54, 1.807) is 0 Å². The molecule has 0 N–H and O–H groups in total. The van der Waals surface area contributed by atoms with E-state index in [1.165, 1.54) is 33.6 Å². The summed E-state index contributed by atoms with van der Waals surface area (Å²) in [7, 11) is 0. The number of fused-ring (bicyclic) bond motifs is 2. The van der Waals surface area contributed by atoms with E-state index < -0.39 is 0 Å². The standard InChI is InChI=1S/C33H29N3/c1-22-5-7-31-29(17-22)33(3,4)30-18-23(2)6-8-32(30)36(31)28-20-26(24-9-13-34-14-10-24)19-27(21-28)25-11-15-35-16-12-25/h5-21H,1-4H3. The largest absolute Gasteiger partial charge is 0.310 e. The SMILES string of the molecule is Cc1ccc2c(c1)C(C)(C)c1cc(C)ccc1N2c1cc(-c2ccncc2)cc(-c2ccncc2)c1. The van der Waals surface area contributed by atoms with Crippen LogP contribution in [0.15, 0.2) is 104 Å². The lowest BCUT2D eigenvalue weighted by molar-refractivity contribution is 0.630. The minimum atomic E-state index is -0.101. The molecule has 6 rings (SSSR count). The van der Waals surface area contributed by atoms with Crippen molar-refractivity contribution in [2.75, 3.05) is 4.90 Å². The summed E-state index contributed by atoms with van der Waals surface area (Å²) in [6, 6.07) is 28.8. The molecule has 2 aromatic heterocycles. The number of nitrogens with zero attached hydrogens (tertiary/aromatic N) is 3. The third-order valence-corrected chi connectivity index (χ3v) is 7.34. The van der Waals surface area contributed by atoms with Crippen molar-refractivity contribution in [1.29, 1.82) is 0 Å². The molecule has 0 spiro atoms. The molecule has 1 aliphatic heterocycles. The lowest BCUT2D eigenvalue weighted by Gasteiger charge is -2.42. The van der Waals surface area contributed by atoms with Crippen LogP contribution in [-0.4, -0.2) is 9.97 Å². The first-order chi connectivity index (χ1) is 17.4. The van der Waals surface area contributed by atoms with Crippen LogP contribution in [0.4, 0.5) is 17.1 Å². The highest BCUT2D eigenvalue weighted by Crippen LogP contribution is 2.53. The molecule has 3 nitrogen and oxygen atoms in total. The van der Waals surface area contributed by atoms with Gasteiger partial charge in [-0.25, -0.2) is 0 Å². The monoisotopic (exact) mass is 467 g/mol. The zero-order valence-electron chi connectivity index (χ0n) is 21.2. The van der Waals surface area contributed by atoms with Crippen LogP contribution < -0.4 is 4.90 Å². The van der Waals surface area contributed by atoms with Crippen LogP contribution in [0.25, 0.3) is 22.3 Å². The molecule has 0 saturated heterocycles. The van der Waals surface area contributed by atoms with Gasteiger partial charge in [0.05, 0.1) is 11.4 Å². The Kier molecular flexibility index (Phi) is 5.22. The lowest BCUT2D eigenvalue weighted by atomic mass is 9.72. The zero-order chi connectivity index (χ0) is 24.9. The average molecular weight is 468 g/mol. The number of anilines is 3. The highest BCUT2D eigenvalue weighted by Gasteiger charge is 2.37. The van der Waals surface area contributed by atoms with E-state index in [0.29, 0.717) is 0 Å². The predicted molar refractivity (Wildman–Crippen MR) is 149 cm³/mol. The first kappa shape index (κ1) is 22.2. The normalized spacial score (nSPS) is 13.7. The van der Waals surface area contributed by atoms with Crippen LogP contribution in [0.5, 0.6) is 0 Å². The molecular weight excluding hydrogens is 438 g/mol. The van der Waals surface area contributed by atoms with E-state index in [9.17, 15) is 0 Å². The van der Waals surface area contributed by atoms with Gasteiger partial charge in [-0.1, -0.05) is 49.2 Å². The minimum absolute atomic E-state index is 0.101. The van der Waals surface area contributed by atoms with Crippen LogP contribution in [0.1, 0.15) is 36.1 Å². The van der Waals surface area contributed by atoms with Gasteiger partial charge in [-0.15, -0.1) is 0 Å². The van der Waals surface area contributed by atoms with Gasteiger partial charge in [-0.2, -0.15) is 0 Å². The molecule has 0 aliphatic carbocycles. The highest BCUT2D eigenvalue weighted by molar-refractivity contribution is 5.89. The predicted octanol–water partition coefficient (Wildman–Crippen LogP) is 8.54. The Bertz CT molecular complexity index is 1460. The van der Waals surface area contributed by atoms with Crippen LogP contribution in [0.3, 0.4) is 0 Å². The Hall–Kier alpha value is -4.24. The molecule has 36 heavy (non-hydrogen) atoms. The van der Waals surface area contributed by atoms with Gasteiger partial charge < -0.3 is 4.90 Å². The van der Waals surface area contributed by atoms with Crippen LogP contribution >= 0.6 is 0 Å². The van der Waals surface area contributed by atoms with Crippen molar-refractivity contribution in [2.24, 2.45) is 0 Å². The second-order valence-corrected chi connectivity index (χ2v) is 10.2. The Morgan fingerprint density at radius 3 is 1.42 bits per heavy atom. The van der Waals surface area contributed by atoms with Crippen molar-refractivity contribution >= 4 is 17.1 Å². The van der Waals surface area contributed by atoms with Gasteiger partial charge in [0.15, 0.2) is 0 Å². The molecule has 3 aromatic carbocycles. The lowest BCUT2D eigenvalue weighted by Crippen LogP contribution is -2.31. The Labute approximate surface area is 213 Å². The molecular formula is C33H29N3. The maximum absolute atomic E-state index is 4.24. The molecule has 0 atom stereocenters. The quantitative estimate of drug-likeness (QED) is 0.266. The molecule has 0 fully saturated rings. The van der Waals surface area contributed by atoms with Crippen molar-refractivity contribution in [1.82, 2.24) is 9.97 Å². The molecule has 0 radical (unpaired) electrons. The fourth-order valence-corrected chi connectivity index (χ4v) is 5.41. The first-order valence-electron chi connectivity index (χ1n) is 12.4. The number of hydrogen-bond donors (Lipinski definition) is 0. The fraction of sp³-hybridized carbons (Fsp3) is 0.152. The summed E-state index contributed by atoms with van der Waals surface area (Å²) in [6.07, 6.45) is 7.42. The van der Waals surface area contributed by atoms with Gasteiger partial charge in [0.25, 0.3) is 0 Å². The molecule has 3 heteroatoms. The average Bonchev–Trinajstić information content (AvgIpc) is 2.90. The fourth-order valence-electron chi connectivity index (χ4n) is 5.41. The number of aromatic nitrogens is 2. The second-order valence-electron chi connectivity index (χ2n) is 10.2. The van der Waals surface area contributed by atoms with Gasteiger partial charge in [0, 0.05) is 35.9 Å². The van der Waals surface area contributed by atoms with E-state index in [2.05, 4.69) is 121 Å². The first-order valence-corrected chi connectivity index (χ1v) is 12.4. The number of hydrogen-bond acceptors (Lipinski definition) is 3. The van der Waals surface area contributed by atoms with Gasteiger partial charge in [-0.05, 0) is 102 Å². The summed E-state index contributed by atoms with van der Waals surface area (Å²) in [5.74, 6) is 0. The summed E-state index contributed by atoms with van der Waals surface area (Å²) in [5.41, 5.74) is 13.4. The van der Waals surface area contributed by atoms with E-state index in [-0.39, 0.29) is 5.41 Å². The van der Waals surface area contributed by atoms with Crippen LogP contribution in [0, 0.1) is 13.8 Å². The zero-order valence-corrected chi connectivity index (χ0v) is 21.2. The van der Waals surface area contributed by atoms with Gasteiger partial charge in [0.2, 0.25) is 0 Å². The van der Waals surface area contributed by atoms with Crippen LogP contribution in [-0.2, 0) is 5.41 Å². The molecule has 0 bridgehead atoms. The third kappa shape index (κ3) is 3.68. The van der Waals surface area contributed by atoms with Crippen molar-refractivity contribution in [3.63, 3.8) is 0 Å². The van der Waals surface area contributed by atoms with Crippen LogP contribution in [0.2, 0.25) is 0 Å². The van der Waals surface area contributed by atoms with E-state index in [4.69, 9.17) is 0 Å². The number of aryl methyl sites for hydroxylation is 2. The maximum atomic E-state index is 4.24. The molecule has 0 saturated carbocycles. The molecule has 0 unspecified atom stereocenters. The summed E-state index contributed by atoms with van der Waals surface area (Å²) in [5, 5.41) is 0. The smallest absolute Gasteiger partial charge is 0.0502 e. The van der Waals surface area contributed by atoms with E-state index in [1.807, 2.05) is 24.8 Å². The second kappa shape index (κ2) is 8.46. The van der Waals surface area contributed by atoms with E-state index in [0.717, 1.165) is 27.9 Å². The minimum Gasteiger partial charge on any atom is -0.310 e. The van der Waals surface area contributed by atoms with Gasteiger partial charge in [-0.3, -0.25) is 9.97 Å². The number of pyridine rings is 2. The summed E-state index contributed by atoms with van der Waals surface area (Å²) < 4.78 is 0. The topological polar surface area (TPSA) is 29.0 Å². The number of rotatable bonds is 3. The molecule has 1 aliphatic rings. The molecule has 3 heterocycles. The summed E-state index contributed by atoms with van der Waals surface area (Å²) in [6.45, 7) is 9.05. The molecule has 5 aromatic rings. The summed E-state index contributed by atoms with van der Waals surface area (Å²) in [4.78, 5) is 10.9. The highest BCUT2D eigenvalue weighted by atomic mass is 15.2. The van der Waals surface area contributed by atoms with Crippen molar-refractivity contribution in [3.8, 4) is 22.3 Å². The Morgan fingerprint density at radius 1 is 0.528 bits per heavy atom. The van der Waals surface area contributed by atoms with Crippen molar-refractivity contribution in [3.05, 3.63) is 126 Å². The van der Waals surface area contributed by atoms with Gasteiger partial charge >= 0.3 is 0 Å². The van der Waals surface area contributed by atoms with Gasteiger partial charge in [0.1, 0.15) is 0 Å². The maximum Gasteiger partial charge on any atom is 0.0502 e. The Morgan fingerprint density at radius 2 is 0.972 bits per heavy atom.